The Morgan fingerprint density at radius 2 is 2.33 bits per heavy atom. The molecule has 4 nitrogen and oxygen atoms in total. The van der Waals surface area contributed by atoms with Gasteiger partial charge in [0.25, 0.3) is 5.91 Å². The number of hydrogen-bond donors (Lipinski definition) is 2. The van der Waals surface area contributed by atoms with Gasteiger partial charge in [0.15, 0.2) is 0 Å². The number of nitrogens with zero attached hydrogens (tertiary/aromatic N) is 1. The van der Waals surface area contributed by atoms with Gasteiger partial charge in [-0.1, -0.05) is 29.3 Å². The Bertz CT molecular complexity index is 712. The lowest BCUT2D eigenvalue weighted by Crippen LogP contribution is -2.29. The largest absolute Gasteiger partial charge is 0.348 e. The fraction of sp³-hybridized carbons (Fsp3) is 0.250. The van der Waals surface area contributed by atoms with E-state index in [9.17, 15) is 4.79 Å². The summed E-state index contributed by atoms with van der Waals surface area (Å²) in [5, 5.41) is 7.62. The third-order valence-electron chi connectivity index (χ3n) is 3.55. The number of amides is 1. The van der Waals surface area contributed by atoms with Crippen LogP contribution in [0.15, 0.2) is 42.1 Å². The summed E-state index contributed by atoms with van der Waals surface area (Å²) in [7, 11) is 0. The lowest BCUT2D eigenvalue weighted by Gasteiger charge is -2.15. The zero-order valence-corrected chi connectivity index (χ0v) is 12.3. The average Bonchev–Trinajstić information content (AvgIpc) is 2.52. The van der Waals surface area contributed by atoms with E-state index in [0.29, 0.717) is 22.6 Å². The van der Waals surface area contributed by atoms with Crippen molar-refractivity contribution in [1.29, 1.82) is 0 Å². The van der Waals surface area contributed by atoms with Crippen LogP contribution in [0.4, 0.5) is 0 Å². The highest BCUT2D eigenvalue weighted by Gasteiger charge is 2.13. The van der Waals surface area contributed by atoms with Crippen molar-refractivity contribution in [1.82, 2.24) is 15.6 Å². The van der Waals surface area contributed by atoms with Crippen LogP contribution in [0.5, 0.6) is 0 Å². The number of halogens is 1. The molecule has 21 heavy (non-hydrogen) atoms. The normalized spacial score (nSPS) is 14.8. The van der Waals surface area contributed by atoms with Crippen molar-refractivity contribution in [3.63, 3.8) is 0 Å². The first-order chi connectivity index (χ1) is 10.2. The molecular formula is C16H16ClN3O. The molecule has 1 aromatic carbocycles. The summed E-state index contributed by atoms with van der Waals surface area (Å²) >= 11 is 6.09. The number of fused-ring (bicyclic) bond motifs is 1. The molecule has 1 aliphatic rings. The number of pyridine rings is 1. The van der Waals surface area contributed by atoms with E-state index in [4.69, 9.17) is 11.6 Å². The van der Waals surface area contributed by atoms with Crippen LogP contribution in [-0.4, -0.2) is 30.5 Å². The van der Waals surface area contributed by atoms with Gasteiger partial charge in [0.1, 0.15) is 0 Å². The predicted molar refractivity (Wildman–Crippen MR) is 84.7 cm³/mol. The summed E-state index contributed by atoms with van der Waals surface area (Å²) in [5.74, 6) is -0.138. The molecule has 0 bridgehead atoms. The first-order valence-electron chi connectivity index (χ1n) is 6.95. The first-order valence-corrected chi connectivity index (χ1v) is 7.33. The summed E-state index contributed by atoms with van der Waals surface area (Å²) < 4.78 is 0. The van der Waals surface area contributed by atoms with Crippen molar-refractivity contribution in [2.24, 2.45) is 0 Å². The average molecular weight is 302 g/mol. The van der Waals surface area contributed by atoms with Gasteiger partial charge < -0.3 is 10.6 Å². The molecule has 2 N–H and O–H groups in total. The molecule has 5 heteroatoms. The molecule has 0 fully saturated rings. The van der Waals surface area contributed by atoms with Crippen LogP contribution in [0, 0.1) is 0 Å². The molecule has 1 aromatic heterocycles. The van der Waals surface area contributed by atoms with Crippen LogP contribution >= 0.6 is 11.6 Å². The monoisotopic (exact) mass is 301 g/mol. The minimum Gasteiger partial charge on any atom is -0.348 e. The summed E-state index contributed by atoms with van der Waals surface area (Å²) in [4.78, 5) is 16.7. The minimum atomic E-state index is -0.138. The summed E-state index contributed by atoms with van der Waals surface area (Å²) in [6.07, 6.45) is 4.77. The molecule has 1 amide bonds. The highest BCUT2D eigenvalue weighted by atomic mass is 35.5. The van der Waals surface area contributed by atoms with Crippen LogP contribution in [0.25, 0.3) is 10.9 Å². The number of hydrogen-bond acceptors (Lipinski definition) is 3. The number of benzene rings is 1. The van der Waals surface area contributed by atoms with Gasteiger partial charge in [-0.25, -0.2) is 0 Å². The summed E-state index contributed by atoms with van der Waals surface area (Å²) in [5.41, 5.74) is 2.45. The Morgan fingerprint density at radius 3 is 3.14 bits per heavy atom. The maximum absolute atomic E-state index is 12.4. The van der Waals surface area contributed by atoms with E-state index >= 15 is 0 Å². The number of carbonyl (C=O) groups excluding carboxylic acids is 1. The second kappa shape index (κ2) is 6.24. The zero-order valence-electron chi connectivity index (χ0n) is 11.5. The molecule has 3 rings (SSSR count). The lowest BCUT2D eigenvalue weighted by molar-refractivity contribution is 0.0958. The third kappa shape index (κ3) is 3.23. The second-order valence-electron chi connectivity index (χ2n) is 5.03. The van der Waals surface area contributed by atoms with Crippen LogP contribution in [0.1, 0.15) is 16.8 Å². The number of carbonyl (C=O) groups is 1. The van der Waals surface area contributed by atoms with Gasteiger partial charge in [-0.15, -0.1) is 0 Å². The van der Waals surface area contributed by atoms with Gasteiger partial charge in [-0.2, -0.15) is 0 Å². The van der Waals surface area contributed by atoms with Crippen molar-refractivity contribution in [3.05, 3.63) is 52.7 Å². The molecule has 2 aromatic rings. The maximum Gasteiger partial charge on any atom is 0.253 e. The van der Waals surface area contributed by atoms with Crippen LogP contribution in [-0.2, 0) is 0 Å². The highest BCUT2D eigenvalue weighted by Crippen LogP contribution is 2.22. The van der Waals surface area contributed by atoms with Crippen LogP contribution < -0.4 is 10.6 Å². The fourth-order valence-electron chi connectivity index (χ4n) is 2.45. The number of rotatable bonds is 3. The third-order valence-corrected chi connectivity index (χ3v) is 3.77. The molecular weight excluding hydrogens is 286 g/mol. The number of aromatic nitrogens is 1. The zero-order chi connectivity index (χ0) is 14.7. The van der Waals surface area contributed by atoms with E-state index in [0.717, 1.165) is 24.9 Å². The first kappa shape index (κ1) is 14.0. The van der Waals surface area contributed by atoms with Crippen molar-refractivity contribution >= 4 is 28.4 Å². The van der Waals surface area contributed by atoms with E-state index in [1.165, 1.54) is 5.57 Å². The van der Waals surface area contributed by atoms with Crippen LogP contribution in [0.3, 0.4) is 0 Å². The minimum absolute atomic E-state index is 0.138. The van der Waals surface area contributed by atoms with Crippen LogP contribution in [0.2, 0.25) is 5.02 Å². The van der Waals surface area contributed by atoms with Crippen molar-refractivity contribution in [2.75, 3.05) is 19.6 Å². The Balaban J connectivity index is 1.82. The van der Waals surface area contributed by atoms with E-state index < -0.39 is 0 Å². The molecule has 0 aliphatic carbocycles. The standard InChI is InChI=1S/C16H16ClN3O/c17-13-8-12-2-1-5-19-15(12)14(9-13)16(21)20-10-11-3-6-18-7-4-11/h1-3,5,8-9,18H,4,6-7,10H2,(H,20,21). The van der Waals surface area contributed by atoms with E-state index in [1.807, 2.05) is 18.2 Å². The van der Waals surface area contributed by atoms with Crippen molar-refractivity contribution in [3.8, 4) is 0 Å². The van der Waals surface area contributed by atoms with E-state index in [2.05, 4.69) is 21.7 Å². The van der Waals surface area contributed by atoms with E-state index in [-0.39, 0.29) is 5.91 Å². The molecule has 0 saturated carbocycles. The quantitative estimate of drug-likeness (QED) is 0.857. The van der Waals surface area contributed by atoms with E-state index in [1.54, 1.807) is 12.3 Å². The highest BCUT2D eigenvalue weighted by molar-refractivity contribution is 6.32. The van der Waals surface area contributed by atoms with Gasteiger partial charge in [0.05, 0.1) is 11.1 Å². The molecule has 1 aliphatic heterocycles. The molecule has 0 radical (unpaired) electrons. The van der Waals surface area contributed by atoms with Gasteiger partial charge in [0.2, 0.25) is 0 Å². The second-order valence-corrected chi connectivity index (χ2v) is 5.46. The molecule has 108 valence electrons. The van der Waals surface area contributed by atoms with Gasteiger partial charge in [0, 0.05) is 29.7 Å². The molecule has 0 unspecified atom stereocenters. The maximum atomic E-state index is 12.4. The lowest BCUT2D eigenvalue weighted by atomic mass is 10.1. The Hall–Kier alpha value is -1.91. The smallest absolute Gasteiger partial charge is 0.253 e. The Kier molecular flexibility index (Phi) is 4.18. The fourth-order valence-corrected chi connectivity index (χ4v) is 2.67. The Morgan fingerprint density at radius 1 is 1.43 bits per heavy atom. The molecule has 0 spiro atoms. The number of nitrogens with one attached hydrogen (secondary N) is 2. The van der Waals surface area contributed by atoms with Crippen molar-refractivity contribution < 1.29 is 4.79 Å². The summed E-state index contributed by atoms with van der Waals surface area (Å²) in [6, 6.07) is 7.22. The van der Waals surface area contributed by atoms with Gasteiger partial charge in [-0.3, -0.25) is 9.78 Å². The van der Waals surface area contributed by atoms with Gasteiger partial charge in [-0.05, 0) is 31.2 Å². The molecule has 0 atom stereocenters. The van der Waals surface area contributed by atoms with Gasteiger partial charge >= 0.3 is 0 Å². The SMILES string of the molecule is O=C(NCC1=CCNCC1)c1cc(Cl)cc2cccnc12. The summed E-state index contributed by atoms with van der Waals surface area (Å²) in [6.45, 7) is 2.40. The van der Waals surface area contributed by atoms with Crippen molar-refractivity contribution in [2.45, 2.75) is 6.42 Å². The molecule has 0 saturated heterocycles. The Labute approximate surface area is 128 Å². The predicted octanol–water partition coefficient (Wildman–Crippen LogP) is 2.54. The molecule has 2 heterocycles. The topological polar surface area (TPSA) is 54.0 Å².